The monoisotopic (exact) mass is 580 g/mol. The van der Waals surface area contributed by atoms with Gasteiger partial charge in [-0.05, 0) is 74.1 Å². The SMILES string of the molecule is C.CCOC(=O)[C@H]1CN(C(=O)OCC(C)C)C[C@H]1Cc1ccc(OCCc2nc(-c3ccc(OC)cc3)oc2C)cc1. The molecule has 1 amide bonds. The van der Waals surface area contributed by atoms with Crippen LogP contribution in [-0.4, -0.2) is 62.0 Å². The lowest BCUT2D eigenvalue weighted by Crippen LogP contribution is -2.31. The highest BCUT2D eigenvalue weighted by Crippen LogP contribution is 2.30. The van der Waals surface area contributed by atoms with E-state index in [4.69, 9.17) is 23.4 Å². The highest BCUT2D eigenvalue weighted by Gasteiger charge is 2.41. The van der Waals surface area contributed by atoms with Crippen molar-refractivity contribution in [2.24, 2.45) is 17.8 Å². The number of nitrogens with zero attached hydrogens (tertiary/aromatic N) is 2. The highest BCUT2D eigenvalue weighted by atomic mass is 16.6. The zero-order valence-corrected chi connectivity index (χ0v) is 24.6. The minimum absolute atomic E-state index is 0. The van der Waals surface area contributed by atoms with E-state index in [2.05, 4.69) is 4.98 Å². The molecule has 2 heterocycles. The molecular formula is C33H44N2O7. The number of carbonyl (C=O) groups is 2. The van der Waals surface area contributed by atoms with Gasteiger partial charge in [-0.1, -0.05) is 33.4 Å². The van der Waals surface area contributed by atoms with Crippen LogP contribution >= 0.6 is 0 Å². The van der Waals surface area contributed by atoms with Gasteiger partial charge in [-0.2, -0.15) is 0 Å². The van der Waals surface area contributed by atoms with E-state index in [1.165, 1.54) is 0 Å². The summed E-state index contributed by atoms with van der Waals surface area (Å²) >= 11 is 0. The molecule has 0 bridgehead atoms. The number of amides is 1. The summed E-state index contributed by atoms with van der Waals surface area (Å²) in [4.78, 5) is 31.5. The van der Waals surface area contributed by atoms with E-state index >= 15 is 0 Å². The molecule has 0 aliphatic carbocycles. The standard InChI is InChI=1S/C32H40N2O7.CH4/c1-6-38-31(35)28-19-34(32(36)40-20-21(2)3)18-25(28)17-23-7-11-27(12-8-23)39-16-15-29-22(4)41-30(33-29)24-9-13-26(37-5)14-10-24;/h7-14,21,25,28H,6,15-20H2,1-5H3;1H4/t25-,28+;/m1./s1. The molecule has 9 nitrogen and oxygen atoms in total. The Balaban J connectivity index is 0.00000484. The third-order valence-corrected chi connectivity index (χ3v) is 7.09. The Morgan fingerprint density at radius 1 is 1.02 bits per heavy atom. The summed E-state index contributed by atoms with van der Waals surface area (Å²) in [5.41, 5.74) is 2.81. The molecule has 0 unspecified atom stereocenters. The van der Waals surface area contributed by atoms with Gasteiger partial charge < -0.3 is 28.3 Å². The summed E-state index contributed by atoms with van der Waals surface area (Å²) in [5, 5.41) is 0. The number of oxazole rings is 1. The van der Waals surface area contributed by atoms with Crippen LogP contribution in [0.25, 0.3) is 11.5 Å². The molecule has 42 heavy (non-hydrogen) atoms. The quantitative estimate of drug-likeness (QED) is 0.228. The third-order valence-electron chi connectivity index (χ3n) is 7.09. The van der Waals surface area contributed by atoms with Crippen molar-refractivity contribution in [2.45, 2.75) is 48.0 Å². The first-order chi connectivity index (χ1) is 19.8. The summed E-state index contributed by atoms with van der Waals surface area (Å²) < 4.78 is 27.8. The molecule has 0 radical (unpaired) electrons. The van der Waals surface area contributed by atoms with E-state index in [0.717, 1.165) is 34.1 Å². The topological polar surface area (TPSA) is 100 Å². The van der Waals surface area contributed by atoms with Crippen molar-refractivity contribution in [2.75, 3.05) is 40.0 Å². The van der Waals surface area contributed by atoms with Gasteiger partial charge in [0.15, 0.2) is 0 Å². The zero-order valence-electron chi connectivity index (χ0n) is 24.6. The summed E-state index contributed by atoms with van der Waals surface area (Å²) in [5.74, 6) is 2.41. The number of benzene rings is 2. The van der Waals surface area contributed by atoms with Gasteiger partial charge in [0.25, 0.3) is 0 Å². The van der Waals surface area contributed by atoms with Crippen LogP contribution in [0.4, 0.5) is 4.79 Å². The second-order valence-corrected chi connectivity index (χ2v) is 10.7. The molecule has 3 aromatic rings. The number of hydrogen-bond acceptors (Lipinski definition) is 8. The fraction of sp³-hybridized carbons (Fsp3) is 0.485. The lowest BCUT2D eigenvalue weighted by atomic mass is 9.90. The normalized spacial score (nSPS) is 16.2. The first kappa shape index (κ1) is 32.5. The molecule has 1 aliphatic rings. The van der Waals surface area contributed by atoms with Crippen molar-refractivity contribution in [1.29, 1.82) is 0 Å². The van der Waals surface area contributed by atoms with Crippen LogP contribution in [0, 0.1) is 24.7 Å². The Kier molecular flexibility index (Phi) is 11.8. The van der Waals surface area contributed by atoms with Gasteiger partial charge in [-0.25, -0.2) is 9.78 Å². The van der Waals surface area contributed by atoms with Crippen LogP contribution in [0.5, 0.6) is 11.5 Å². The maximum atomic E-state index is 12.7. The Bertz CT molecular complexity index is 1280. The fourth-order valence-corrected chi connectivity index (χ4v) is 4.88. The molecule has 0 N–H and O–H groups in total. The summed E-state index contributed by atoms with van der Waals surface area (Å²) in [6.45, 7) is 9.55. The number of ether oxygens (including phenoxy) is 4. The number of aryl methyl sites for hydroxylation is 1. The molecule has 1 aromatic heterocycles. The third kappa shape index (κ3) is 8.50. The number of esters is 1. The molecule has 1 saturated heterocycles. The molecule has 0 saturated carbocycles. The van der Waals surface area contributed by atoms with Gasteiger partial charge >= 0.3 is 12.1 Å². The van der Waals surface area contributed by atoms with Crippen molar-refractivity contribution < 1.29 is 33.0 Å². The molecule has 2 atom stereocenters. The van der Waals surface area contributed by atoms with Gasteiger partial charge in [0, 0.05) is 25.1 Å². The van der Waals surface area contributed by atoms with E-state index in [0.29, 0.717) is 51.6 Å². The predicted molar refractivity (Wildman–Crippen MR) is 161 cm³/mol. The maximum absolute atomic E-state index is 12.7. The minimum Gasteiger partial charge on any atom is -0.497 e. The Labute approximate surface area is 249 Å². The molecule has 4 rings (SSSR count). The lowest BCUT2D eigenvalue weighted by Gasteiger charge is -2.17. The van der Waals surface area contributed by atoms with Crippen LogP contribution in [0.3, 0.4) is 0 Å². The molecule has 1 aliphatic heterocycles. The number of hydrogen-bond donors (Lipinski definition) is 0. The molecule has 2 aromatic carbocycles. The first-order valence-corrected chi connectivity index (χ1v) is 14.2. The first-order valence-electron chi connectivity index (χ1n) is 14.2. The van der Waals surface area contributed by atoms with Crippen molar-refractivity contribution in [3.05, 3.63) is 65.5 Å². The number of aromatic nitrogens is 1. The van der Waals surface area contributed by atoms with Crippen LogP contribution in [0.1, 0.15) is 45.2 Å². The average Bonchev–Trinajstić information content (AvgIpc) is 3.56. The smallest absolute Gasteiger partial charge is 0.409 e. The van der Waals surface area contributed by atoms with E-state index in [-0.39, 0.29) is 37.2 Å². The Hall–Kier alpha value is -4.01. The van der Waals surface area contributed by atoms with Crippen molar-refractivity contribution in [1.82, 2.24) is 9.88 Å². The fourth-order valence-electron chi connectivity index (χ4n) is 4.88. The van der Waals surface area contributed by atoms with Crippen molar-refractivity contribution in [3.8, 4) is 23.0 Å². The second kappa shape index (κ2) is 15.3. The van der Waals surface area contributed by atoms with E-state index in [1.807, 2.05) is 69.3 Å². The van der Waals surface area contributed by atoms with Crippen molar-refractivity contribution >= 4 is 12.1 Å². The Morgan fingerprint density at radius 2 is 1.71 bits per heavy atom. The largest absolute Gasteiger partial charge is 0.497 e. The van der Waals surface area contributed by atoms with E-state index in [9.17, 15) is 9.59 Å². The lowest BCUT2D eigenvalue weighted by molar-refractivity contribution is -0.148. The summed E-state index contributed by atoms with van der Waals surface area (Å²) in [7, 11) is 1.63. The molecular weight excluding hydrogens is 536 g/mol. The van der Waals surface area contributed by atoms with Gasteiger partial charge in [-0.15, -0.1) is 0 Å². The number of methoxy groups -OCH3 is 1. The summed E-state index contributed by atoms with van der Waals surface area (Å²) in [6.07, 6.45) is 0.876. The van der Waals surface area contributed by atoms with Gasteiger partial charge in [0.2, 0.25) is 5.89 Å². The number of carbonyl (C=O) groups excluding carboxylic acids is 2. The van der Waals surface area contributed by atoms with Crippen LogP contribution in [0.2, 0.25) is 0 Å². The van der Waals surface area contributed by atoms with Gasteiger partial charge in [0.05, 0.1) is 38.5 Å². The highest BCUT2D eigenvalue weighted by molar-refractivity contribution is 5.76. The van der Waals surface area contributed by atoms with Crippen LogP contribution in [-0.2, 0) is 27.1 Å². The second-order valence-electron chi connectivity index (χ2n) is 10.7. The summed E-state index contributed by atoms with van der Waals surface area (Å²) in [6, 6.07) is 15.4. The molecule has 0 spiro atoms. The van der Waals surface area contributed by atoms with Crippen LogP contribution in [0.15, 0.2) is 52.9 Å². The molecule has 228 valence electrons. The predicted octanol–water partition coefficient (Wildman–Crippen LogP) is 6.36. The van der Waals surface area contributed by atoms with E-state index < -0.39 is 0 Å². The maximum Gasteiger partial charge on any atom is 0.409 e. The van der Waals surface area contributed by atoms with Crippen LogP contribution < -0.4 is 9.47 Å². The van der Waals surface area contributed by atoms with Crippen molar-refractivity contribution in [3.63, 3.8) is 0 Å². The minimum atomic E-state index is -0.383. The van der Waals surface area contributed by atoms with Gasteiger partial charge in [0.1, 0.15) is 17.3 Å². The van der Waals surface area contributed by atoms with Gasteiger partial charge in [-0.3, -0.25) is 4.79 Å². The van der Waals surface area contributed by atoms with E-state index in [1.54, 1.807) is 18.9 Å². The molecule has 9 heteroatoms. The Morgan fingerprint density at radius 3 is 2.36 bits per heavy atom. The number of rotatable bonds is 12. The zero-order chi connectivity index (χ0) is 29.4. The number of likely N-dealkylation sites (tertiary alicyclic amines) is 1. The average molecular weight is 581 g/mol. The molecule has 1 fully saturated rings.